The molecule has 2 saturated heterocycles. The van der Waals surface area contributed by atoms with E-state index >= 15 is 0 Å². The lowest BCUT2D eigenvalue weighted by Gasteiger charge is -2.25. The van der Waals surface area contributed by atoms with Crippen LogP contribution in [0.25, 0.3) is 0 Å². The minimum atomic E-state index is -4.12. The van der Waals surface area contributed by atoms with Gasteiger partial charge in [-0.2, -0.15) is 16.8 Å². The van der Waals surface area contributed by atoms with Crippen molar-refractivity contribution in [3.63, 3.8) is 0 Å². The van der Waals surface area contributed by atoms with Gasteiger partial charge in [0.05, 0.1) is 23.2 Å². The number of hydrogen-bond acceptors (Lipinski definition) is 9. The second-order valence-electron chi connectivity index (χ2n) is 8.98. The smallest absolute Gasteiger partial charge is 0.297 e. The Morgan fingerprint density at radius 1 is 1.06 bits per heavy atom. The van der Waals surface area contributed by atoms with Crippen molar-refractivity contribution in [3.05, 3.63) is 59.7 Å². The van der Waals surface area contributed by atoms with Crippen LogP contribution in [-0.2, 0) is 43.3 Å². The van der Waals surface area contributed by atoms with E-state index in [4.69, 9.17) is 23.1 Å². The number of sulfonamides is 1. The zero-order valence-corrected chi connectivity index (χ0v) is 20.9. The summed E-state index contributed by atoms with van der Waals surface area (Å²) in [6, 6.07) is 12.7. The van der Waals surface area contributed by atoms with Gasteiger partial charge in [0.25, 0.3) is 20.1 Å². The summed E-state index contributed by atoms with van der Waals surface area (Å²) >= 11 is 0. The Bertz CT molecular complexity index is 1370. The van der Waals surface area contributed by atoms with Crippen molar-refractivity contribution in [2.24, 2.45) is 4.40 Å². The van der Waals surface area contributed by atoms with Crippen LogP contribution in [0.4, 0.5) is 0 Å². The Morgan fingerprint density at radius 2 is 1.77 bits per heavy atom. The molecule has 0 bridgehead atoms. The van der Waals surface area contributed by atoms with Gasteiger partial charge < -0.3 is 18.9 Å². The molecule has 0 unspecified atom stereocenters. The van der Waals surface area contributed by atoms with E-state index in [2.05, 4.69) is 4.40 Å². The molecule has 2 fully saturated rings. The number of aryl methyl sites for hydroxylation is 1. The van der Waals surface area contributed by atoms with Gasteiger partial charge in [0, 0.05) is 6.42 Å². The zero-order valence-electron chi connectivity index (χ0n) is 19.3. The quantitative estimate of drug-likeness (QED) is 0.525. The molecule has 3 aliphatic heterocycles. The largest absolute Gasteiger partial charge is 0.477 e. The van der Waals surface area contributed by atoms with Gasteiger partial charge in [0.1, 0.15) is 17.1 Å². The first kappa shape index (κ1) is 24.3. The molecule has 0 radical (unpaired) electrons. The lowest BCUT2D eigenvalue weighted by Crippen LogP contribution is -2.39. The highest BCUT2D eigenvalue weighted by atomic mass is 32.2. The molecule has 0 amide bonds. The molecule has 0 aliphatic carbocycles. The maximum absolute atomic E-state index is 13.0. The Balaban J connectivity index is 1.32. The van der Waals surface area contributed by atoms with Gasteiger partial charge in [-0.15, -0.1) is 4.40 Å². The first-order valence-electron chi connectivity index (χ1n) is 11.0. The van der Waals surface area contributed by atoms with Crippen molar-refractivity contribution in [2.75, 3.05) is 6.61 Å². The molecule has 10 nitrogen and oxygen atoms in total. The topological polar surface area (TPSA) is 127 Å². The third-order valence-corrected chi connectivity index (χ3v) is 8.52. The standard InChI is InChI=1S/C23H25NO9S2/c1-14-8-10-15(11-9-14)35(27,28)33-19-17(30-22-20(19)31-23(2,3)32-22)12-13-29-21-16-6-4-5-7-18(16)34(25,26)24-21/h4-11,17,19-20,22H,12-13H2,1-3H3/t17-,19+,20-,22-/m1/s1. The fraction of sp³-hybridized carbons (Fsp3) is 0.435. The van der Waals surface area contributed by atoms with E-state index in [0.717, 1.165) is 5.56 Å². The summed E-state index contributed by atoms with van der Waals surface area (Å²) in [4.78, 5) is 0.0953. The van der Waals surface area contributed by atoms with Crippen LogP contribution in [0.5, 0.6) is 0 Å². The molecule has 0 saturated carbocycles. The highest BCUT2D eigenvalue weighted by Crippen LogP contribution is 2.41. The third-order valence-electron chi connectivity index (χ3n) is 5.87. The number of fused-ring (bicyclic) bond motifs is 2. The predicted molar refractivity (Wildman–Crippen MR) is 123 cm³/mol. The van der Waals surface area contributed by atoms with Gasteiger partial charge >= 0.3 is 0 Å². The van der Waals surface area contributed by atoms with Gasteiger partial charge in [-0.3, -0.25) is 4.18 Å². The van der Waals surface area contributed by atoms with Crippen molar-refractivity contribution in [1.29, 1.82) is 0 Å². The molecule has 4 atom stereocenters. The number of hydrogen-bond donors (Lipinski definition) is 0. The average Bonchev–Trinajstić information content (AvgIpc) is 3.34. The van der Waals surface area contributed by atoms with Gasteiger partial charge in [-0.25, -0.2) is 0 Å². The predicted octanol–water partition coefficient (Wildman–Crippen LogP) is 2.50. The van der Waals surface area contributed by atoms with Crippen LogP contribution < -0.4 is 0 Å². The van der Waals surface area contributed by atoms with Gasteiger partial charge in [-0.05, 0) is 45.0 Å². The number of nitrogens with zero attached hydrogens (tertiary/aromatic N) is 1. The summed E-state index contributed by atoms with van der Waals surface area (Å²) in [5.74, 6) is -0.986. The zero-order chi connectivity index (χ0) is 25.0. The van der Waals surface area contributed by atoms with Crippen LogP contribution in [0, 0.1) is 6.92 Å². The highest BCUT2D eigenvalue weighted by Gasteiger charge is 2.56. The Labute approximate surface area is 204 Å². The number of benzene rings is 2. The molecule has 2 aromatic carbocycles. The number of rotatable bonds is 6. The van der Waals surface area contributed by atoms with Crippen LogP contribution in [0.3, 0.4) is 0 Å². The van der Waals surface area contributed by atoms with Gasteiger partial charge in [0.2, 0.25) is 5.90 Å². The van der Waals surface area contributed by atoms with Crippen LogP contribution in [0.15, 0.2) is 62.7 Å². The summed E-state index contributed by atoms with van der Waals surface area (Å²) in [5.41, 5.74) is 1.29. The first-order valence-corrected chi connectivity index (χ1v) is 13.9. The van der Waals surface area contributed by atoms with Crippen molar-refractivity contribution in [1.82, 2.24) is 0 Å². The van der Waals surface area contributed by atoms with Crippen LogP contribution in [0.1, 0.15) is 31.4 Å². The molecule has 5 rings (SSSR count). The Kier molecular flexibility index (Phi) is 6.01. The normalized spacial score (nSPS) is 28.4. The summed E-state index contributed by atoms with van der Waals surface area (Å²) < 4.78 is 83.0. The van der Waals surface area contributed by atoms with Crippen LogP contribution in [0.2, 0.25) is 0 Å². The molecule has 35 heavy (non-hydrogen) atoms. The van der Waals surface area contributed by atoms with Crippen molar-refractivity contribution in [2.45, 2.75) is 67.4 Å². The van der Waals surface area contributed by atoms with Gasteiger partial charge in [0.15, 0.2) is 12.1 Å². The van der Waals surface area contributed by atoms with Crippen LogP contribution >= 0.6 is 0 Å². The molecule has 3 aliphatic rings. The second-order valence-corrected chi connectivity index (χ2v) is 12.1. The van der Waals surface area contributed by atoms with E-state index < -0.39 is 50.5 Å². The fourth-order valence-electron chi connectivity index (χ4n) is 4.25. The second kappa shape index (κ2) is 8.64. The molecule has 0 N–H and O–H groups in total. The summed E-state index contributed by atoms with van der Waals surface area (Å²) in [7, 11) is -7.94. The number of ether oxygens (including phenoxy) is 4. The van der Waals surface area contributed by atoms with Gasteiger partial charge in [-0.1, -0.05) is 29.8 Å². The third kappa shape index (κ3) is 4.74. The fourth-order valence-corrected chi connectivity index (χ4v) is 6.51. The minimum absolute atomic E-state index is 0.000621. The molecular formula is C23H25NO9S2. The minimum Gasteiger partial charge on any atom is -0.477 e. The van der Waals surface area contributed by atoms with E-state index in [1.165, 1.54) is 18.2 Å². The van der Waals surface area contributed by atoms with E-state index in [1.807, 2.05) is 6.92 Å². The lowest BCUT2D eigenvalue weighted by atomic mass is 10.1. The Morgan fingerprint density at radius 3 is 2.51 bits per heavy atom. The SMILES string of the molecule is Cc1ccc(S(=O)(=O)O[C@@H]2[C@H]3OC(C)(C)O[C@H]3O[C@@H]2CCOC2=NS(=O)(=O)c3ccccc32)cc1. The van der Waals surface area contributed by atoms with E-state index in [-0.39, 0.29) is 28.7 Å². The van der Waals surface area contributed by atoms with Crippen LogP contribution in [-0.4, -0.2) is 59.7 Å². The molecule has 12 heteroatoms. The molecule has 188 valence electrons. The average molecular weight is 524 g/mol. The summed E-state index contributed by atoms with van der Waals surface area (Å²) in [5, 5.41) is 0. The molecule has 0 spiro atoms. The van der Waals surface area contributed by atoms with E-state index in [9.17, 15) is 16.8 Å². The molecule has 2 aromatic rings. The maximum atomic E-state index is 13.0. The van der Waals surface area contributed by atoms with E-state index in [1.54, 1.807) is 44.2 Å². The molecule has 3 heterocycles. The van der Waals surface area contributed by atoms with Crippen molar-refractivity contribution in [3.8, 4) is 0 Å². The summed E-state index contributed by atoms with van der Waals surface area (Å²) in [6.07, 6.45) is -3.18. The molecular weight excluding hydrogens is 498 g/mol. The monoisotopic (exact) mass is 523 g/mol. The highest BCUT2D eigenvalue weighted by molar-refractivity contribution is 7.90. The molecule has 0 aromatic heterocycles. The maximum Gasteiger partial charge on any atom is 0.297 e. The van der Waals surface area contributed by atoms with E-state index in [0.29, 0.717) is 5.56 Å². The van der Waals surface area contributed by atoms with Crippen molar-refractivity contribution < 1.29 is 40.0 Å². The van der Waals surface area contributed by atoms with Crippen molar-refractivity contribution >= 4 is 26.0 Å². The first-order chi connectivity index (χ1) is 16.5. The summed E-state index contributed by atoms with van der Waals surface area (Å²) in [6.45, 7) is 5.26. The lowest BCUT2D eigenvalue weighted by molar-refractivity contribution is -0.214. The Hall–Kier alpha value is -2.35.